The van der Waals surface area contributed by atoms with E-state index in [0.29, 0.717) is 57.1 Å². The number of aryl methyl sites for hydroxylation is 1. The van der Waals surface area contributed by atoms with Crippen LogP contribution in [0, 0.1) is 17.8 Å². The quantitative estimate of drug-likeness (QED) is 0.195. The van der Waals surface area contributed by atoms with Crippen molar-refractivity contribution in [1.82, 2.24) is 60.0 Å². The molecule has 1 aromatic rings. The molecule has 21 heteroatoms. The molecule has 7 fully saturated rings. The van der Waals surface area contributed by atoms with E-state index in [1.807, 2.05) is 11.9 Å². The minimum absolute atomic E-state index is 0.00270. The Morgan fingerprint density at radius 3 is 2.00 bits per heavy atom. The van der Waals surface area contributed by atoms with Crippen molar-refractivity contribution in [2.24, 2.45) is 17.8 Å². The number of nitrogens with zero attached hydrogens (tertiary/aromatic N) is 9. The van der Waals surface area contributed by atoms with Crippen LogP contribution in [0.1, 0.15) is 166 Å². The molecule has 530 valence electrons. The highest BCUT2D eigenvalue weighted by Crippen LogP contribution is 2.38. The summed E-state index contributed by atoms with van der Waals surface area (Å²) in [4.78, 5) is 36.9. The molecule has 4 saturated heterocycles. The zero-order valence-electron chi connectivity index (χ0n) is 58.4. The van der Waals surface area contributed by atoms with Gasteiger partial charge in [-0.2, -0.15) is 26.3 Å². The monoisotopic (exact) mass is 1330 g/mol. The standard InChI is InChI=1S/C71H125ClF6N12O2/c1-10-53(2)65-48-84(5)38-37-82(3)39-40-86(7)61(41-54-19-14-15-20-54)47-83(4)36-33-79-57(26-24-55-25-29-63(64(72)42-55)71(76,77)78)46-89-34-18-23-58(89)45-81-69(31-16-17-32-69)52-88(9)67(56-21-12-11-13-22-56)49-87(8)66(68(91)90-59-27-28-60(90)51-92-50-59)30-35-85(6)62(44-80-65)43-70(73,74)75/h25,29,42,53-54,56-62,65-67,79-81H,10-24,26-28,30-41,43-52H2,1-9H3/t53-,57-,58-,59?,60?,61-,62-,65+,66-,67+/m0/s1. The van der Waals surface area contributed by atoms with Gasteiger partial charge in [-0.15, -0.1) is 0 Å². The van der Waals surface area contributed by atoms with Crippen LogP contribution in [0.5, 0.6) is 0 Å². The lowest BCUT2D eigenvalue weighted by Gasteiger charge is -2.45. The van der Waals surface area contributed by atoms with Crippen LogP contribution in [0.4, 0.5) is 26.3 Å². The van der Waals surface area contributed by atoms with Crippen LogP contribution in [0.15, 0.2) is 18.2 Å². The maximum atomic E-state index is 15.4. The summed E-state index contributed by atoms with van der Waals surface area (Å²) in [6.45, 7) is 17.2. The number of alkyl halides is 6. The molecule has 7 aliphatic rings. The molecule has 3 N–H and O–H groups in total. The van der Waals surface area contributed by atoms with Gasteiger partial charge in [-0.1, -0.05) is 95.7 Å². The third-order valence-corrected chi connectivity index (χ3v) is 23.9. The fourth-order valence-corrected chi connectivity index (χ4v) is 17.7. The smallest absolute Gasteiger partial charge is 0.377 e. The summed E-state index contributed by atoms with van der Waals surface area (Å²) in [6, 6.07) is 4.02. The largest absolute Gasteiger partial charge is 0.417 e. The third kappa shape index (κ3) is 22.8. The summed E-state index contributed by atoms with van der Waals surface area (Å²) in [5.41, 5.74) is -0.0555. The topological polar surface area (TPSA) is 91.6 Å². The van der Waals surface area contributed by atoms with Gasteiger partial charge in [-0.3, -0.25) is 14.6 Å². The van der Waals surface area contributed by atoms with Crippen LogP contribution in [-0.2, 0) is 22.1 Å². The Labute approximate surface area is 557 Å². The second-order valence-corrected chi connectivity index (χ2v) is 31.1. The lowest BCUT2D eigenvalue weighted by molar-refractivity contribution is -0.150. The molecule has 1 spiro atoms. The molecule has 0 aromatic heterocycles. The number of nitrogens with one attached hydrogen (secondary N) is 3. The number of carbonyl (C=O) groups excluding carboxylic acids is 1. The number of fused-ring (bicyclic) bond motifs is 3. The Bertz CT molecular complexity index is 2290. The van der Waals surface area contributed by atoms with Gasteiger partial charge in [0.15, 0.2) is 0 Å². The zero-order valence-corrected chi connectivity index (χ0v) is 59.2. The Morgan fingerprint density at radius 1 is 0.663 bits per heavy atom. The van der Waals surface area contributed by atoms with Crippen molar-refractivity contribution in [3.63, 3.8) is 0 Å². The number of rotatable bonds is 10. The zero-order chi connectivity index (χ0) is 66.2. The Morgan fingerprint density at radius 2 is 1.33 bits per heavy atom. The normalized spacial score (nSPS) is 31.9. The number of ether oxygens (including phenoxy) is 1. The molecule has 14 nitrogen and oxygen atoms in total. The number of carbonyl (C=O) groups is 1. The van der Waals surface area contributed by atoms with Crippen molar-refractivity contribution in [2.75, 3.05) is 161 Å². The van der Waals surface area contributed by atoms with Crippen molar-refractivity contribution in [3.05, 3.63) is 34.3 Å². The minimum atomic E-state index is -4.51. The Balaban J connectivity index is 1.06. The summed E-state index contributed by atoms with van der Waals surface area (Å²) in [5, 5.41) is 11.8. The Kier molecular flexibility index (Phi) is 29.9. The molecule has 1 aromatic carbocycles. The lowest BCUT2D eigenvalue weighted by Crippen LogP contribution is -2.60. The highest BCUT2D eigenvalue weighted by atomic mass is 35.5. The van der Waals surface area contributed by atoms with Gasteiger partial charge in [0.1, 0.15) is 0 Å². The number of likely N-dealkylation sites (N-methyl/N-ethyl adjacent to an activating group) is 7. The van der Waals surface area contributed by atoms with Crippen molar-refractivity contribution < 1.29 is 35.9 Å². The molecule has 3 saturated carbocycles. The molecule has 2 bridgehead atoms. The second kappa shape index (κ2) is 36.2. The van der Waals surface area contributed by atoms with Crippen LogP contribution in [-0.4, -0.2) is 277 Å². The molecule has 0 radical (unpaired) electrons. The van der Waals surface area contributed by atoms with Gasteiger partial charge in [-0.25, -0.2) is 0 Å². The molecule has 4 heterocycles. The molecule has 3 aliphatic carbocycles. The van der Waals surface area contributed by atoms with Gasteiger partial charge in [0.25, 0.3) is 0 Å². The van der Waals surface area contributed by atoms with E-state index in [4.69, 9.17) is 16.3 Å². The molecule has 8 rings (SSSR count). The summed E-state index contributed by atoms with van der Waals surface area (Å²) in [7, 11) is 15.2. The average Bonchev–Trinajstić information content (AvgIpc) is 1.64. The predicted molar refractivity (Wildman–Crippen MR) is 363 cm³/mol. The van der Waals surface area contributed by atoms with E-state index in [-0.39, 0.29) is 59.1 Å². The number of halogens is 7. The van der Waals surface area contributed by atoms with E-state index < -0.39 is 36.4 Å². The first-order chi connectivity index (χ1) is 43.9. The third-order valence-electron chi connectivity index (χ3n) is 23.6. The summed E-state index contributed by atoms with van der Waals surface area (Å²) >= 11 is 6.31. The number of morpholine rings is 1. The SMILES string of the molecule is CC[C@H](C)[C@H]1CN(C)CCN(C)CCN(C)[C@@H](CC2CCCC2)CN(C)CCN[C@@H](CCc2ccc(C(F)(F)F)c(Cl)c2)CN2CCC[C@H]2CNC2(CCCC2)CN(C)[C@@H](C2CCCCC2)CN(C)[C@H](C(=O)N2C3CCC2COC3)CCN(C)[C@@H](CC(F)(F)F)CN1. The van der Waals surface area contributed by atoms with E-state index in [2.05, 4.69) is 111 Å². The van der Waals surface area contributed by atoms with Crippen molar-refractivity contribution in [1.29, 1.82) is 0 Å². The van der Waals surface area contributed by atoms with Crippen molar-refractivity contribution >= 4 is 17.5 Å². The molecule has 2 unspecified atom stereocenters. The fraction of sp³-hybridized carbons (Fsp3) is 0.901. The van der Waals surface area contributed by atoms with Crippen LogP contribution >= 0.6 is 11.6 Å². The van der Waals surface area contributed by atoms with Crippen LogP contribution in [0.3, 0.4) is 0 Å². The summed E-state index contributed by atoms with van der Waals surface area (Å²) in [5.74, 6) is 1.53. The van der Waals surface area contributed by atoms with Crippen LogP contribution in [0.25, 0.3) is 0 Å². The average molecular weight is 1330 g/mol. The maximum absolute atomic E-state index is 15.4. The Hall–Kier alpha value is -1.92. The molecule has 1 amide bonds. The number of hydrogen-bond acceptors (Lipinski definition) is 13. The van der Waals surface area contributed by atoms with E-state index in [1.165, 1.54) is 70.3 Å². The summed E-state index contributed by atoms with van der Waals surface area (Å²) < 4.78 is 91.9. The van der Waals surface area contributed by atoms with E-state index in [9.17, 15) is 26.3 Å². The van der Waals surface area contributed by atoms with Crippen molar-refractivity contribution in [2.45, 2.75) is 234 Å². The number of benzene rings is 1. The van der Waals surface area contributed by atoms with Crippen molar-refractivity contribution in [3.8, 4) is 0 Å². The van der Waals surface area contributed by atoms with Crippen LogP contribution < -0.4 is 16.0 Å². The maximum Gasteiger partial charge on any atom is 0.417 e. The van der Waals surface area contributed by atoms with Gasteiger partial charge in [0, 0.05) is 133 Å². The van der Waals surface area contributed by atoms with Gasteiger partial charge in [0.2, 0.25) is 5.91 Å². The van der Waals surface area contributed by atoms with Gasteiger partial charge >= 0.3 is 12.4 Å². The molecular formula is C71H125ClF6N12O2. The first-order valence-electron chi connectivity index (χ1n) is 36.5. The van der Waals surface area contributed by atoms with E-state index in [1.54, 1.807) is 6.07 Å². The van der Waals surface area contributed by atoms with Gasteiger partial charge < -0.3 is 55.0 Å². The highest BCUT2D eigenvalue weighted by Gasteiger charge is 2.46. The minimum Gasteiger partial charge on any atom is -0.377 e. The van der Waals surface area contributed by atoms with Crippen LogP contribution in [0.2, 0.25) is 5.02 Å². The highest BCUT2D eigenvalue weighted by molar-refractivity contribution is 6.31. The molecule has 92 heavy (non-hydrogen) atoms. The fourth-order valence-electron chi connectivity index (χ4n) is 17.4. The second-order valence-electron chi connectivity index (χ2n) is 30.7. The first-order valence-corrected chi connectivity index (χ1v) is 36.9. The first kappa shape index (κ1) is 75.8. The number of amides is 1. The predicted octanol–water partition coefficient (Wildman–Crippen LogP) is 10.5. The lowest BCUT2D eigenvalue weighted by atomic mass is 9.82. The number of hydrogen-bond donors (Lipinski definition) is 3. The van der Waals surface area contributed by atoms with E-state index in [0.717, 1.165) is 160 Å². The van der Waals surface area contributed by atoms with Gasteiger partial charge in [0.05, 0.1) is 48.3 Å². The molecule has 10 atom stereocenters. The summed E-state index contributed by atoms with van der Waals surface area (Å²) in [6.07, 6.45) is 13.7. The van der Waals surface area contributed by atoms with Gasteiger partial charge in [-0.05, 0) is 168 Å². The van der Waals surface area contributed by atoms with E-state index >= 15 is 4.79 Å². The molecular weight excluding hydrogens is 1200 g/mol. The molecule has 4 aliphatic heterocycles.